The van der Waals surface area contributed by atoms with Crippen LogP contribution in [0.2, 0.25) is 0 Å². The average molecular weight is 224 g/mol. The molecular formula is C8H8N4S2. The van der Waals surface area contributed by atoms with Crippen molar-refractivity contribution in [3.8, 4) is 10.6 Å². The van der Waals surface area contributed by atoms with Crippen LogP contribution in [0.25, 0.3) is 10.6 Å². The molecule has 0 bridgehead atoms. The van der Waals surface area contributed by atoms with Crippen LogP contribution in [0.1, 0.15) is 0 Å². The van der Waals surface area contributed by atoms with Crippen LogP contribution >= 0.6 is 23.6 Å². The van der Waals surface area contributed by atoms with Gasteiger partial charge in [-0.25, -0.2) is 0 Å². The van der Waals surface area contributed by atoms with Crippen LogP contribution < -0.4 is 11.5 Å². The number of nitrogens with zero attached hydrogens (tertiary/aromatic N) is 1. The molecule has 6 heteroatoms. The SMILES string of the molecule is Nc1cc(N)cc(-c2n[nH]c(=S)s2)c1. The first-order chi connectivity index (χ1) is 6.65. The minimum atomic E-state index is 0.626. The highest BCUT2D eigenvalue weighted by Gasteiger charge is 2.03. The normalized spacial score (nSPS) is 10.3. The highest BCUT2D eigenvalue weighted by molar-refractivity contribution is 7.73. The zero-order valence-corrected chi connectivity index (χ0v) is 8.78. The highest BCUT2D eigenvalue weighted by atomic mass is 32.1. The summed E-state index contributed by atoms with van der Waals surface area (Å²) in [7, 11) is 0. The number of nitrogens with two attached hydrogens (primary N) is 2. The molecule has 5 N–H and O–H groups in total. The molecule has 0 aliphatic carbocycles. The predicted molar refractivity (Wildman–Crippen MR) is 61.6 cm³/mol. The zero-order valence-electron chi connectivity index (χ0n) is 7.15. The molecule has 0 aliphatic heterocycles. The van der Waals surface area contributed by atoms with E-state index in [0.717, 1.165) is 10.6 Å². The molecule has 1 aromatic carbocycles. The number of nitrogen functional groups attached to an aromatic ring is 2. The maximum absolute atomic E-state index is 5.66. The molecule has 0 saturated heterocycles. The van der Waals surface area contributed by atoms with E-state index in [1.54, 1.807) is 6.07 Å². The van der Waals surface area contributed by atoms with E-state index in [4.69, 9.17) is 23.7 Å². The lowest BCUT2D eigenvalue weighted by Gasteiger charge is -2.00. The summed E-state index contributed by atoms with van der Waals surface area (Å²) in [4.78, 5) is 0. The number of aromatic amines is 1. The Hall–Kier alpha value is -1.40. The molecule has 2 aromatic rings. The third-order valence-corrected chi connectivity index (χ3v) is 2.80. The molecule has 0 spiro atoms. The van der Waals surface area contributed by atoms with Crippen LogP contribution in [0, 0.1) is 3.95 Å². The van der Waals surface area contributed by atoms with E-state index in [1.807, 2.05) is 12.1 Å². The molecule has 0 radical (unpaired) electrons. The molecule has 72 valence electrons. The highest BCUT2D eigenvalue weighted by Crippen LogP contribution is 2.25. The van der Waals surface area contributed by atoms with E-state index >= 15 is 0 Å². The van der Waals surface area contributed by atoms with Crippen molar-refractivity contribution in [1.29, 1.82) is 0 Å². The Kier molecular flexibility index (Phi) is 2.22. The lowest BCUT2D eigenvalue weighted by atomic mass is 10.2. The molecule has 4 nitrogen and oxygen atoms in total. The van der Waals surface area contributed by atoms with Crippen molar-refractivity contribution in [1.82, 2.24) is 10.2 Å². The maximum atomic E-state index is 5.66. The van der Waals surface area contributed by atoms with Crippen LogP contribution in [0.15, 0.2) is 18.2 Å². The van der Waals surface area contributed by atoms with Gasteiger partial charge in [-0.15, -0.1) is 0 Å². The van der Waals surface area contributed by atoms with Gasteiger partial charge >= 0.3 is 0 Å². The molecule has 1 heterocycles. The fourth-order valence-corrected chi connectivity index (χ4v) is 2.03. The van der Waals surface area contributed by atoms with E-state index in [-0.39, 0.29) is 0 Å². The second kappa shape index (κ2) is 3.39. The van der Waals surface area contributed by atoms with Crippen molar-refractivity contribution >= 4 is 34.9 Å². The van der Waals surface area contributed by atoms with E-state index < -0.39 is 0 Å². The number of H-pyrrole nitrogens is 1. The monoisotopic (exact) mass is 224 g/mol. The van der Waals surface area contributed by atoms with Gasteiger partial charge in [-0.3, -0.25) is 5.10 Å². The first kappa shape index (κ1) is 9.17. The molecule has 2 rings (SSSR count). The third kappa shape index (κ3) is 1.75. The van der Waals surface area contributed by atoms with Gasteiger partial charge in [0, 0.05) is 16.9 Å². The number of hydrogen-bond donors (Lipinski definition) is 3. The number of nitrogens with one attached hydrogen (secondary N) is 1. The van der Waals surface area contributed by atoms with Crippen LogP contribution in [-0.4, -0.2) is 10.2 Å². The second-order valence-electron chi connectivity index (χ2n) is 2.81. The van der Waals surface area contributed by atoms with E-state index in [2.05, 4.69) is 10.2 Å². The van der Waals surface area contributed by atoms with Crippen molar-refractivity contribution in [2.45, 2.75) is 0 Å². The standard InChI is InChI=1S/C8H8N4S2/c9-5-1-4(2-6(10)3-5)7-11-12-8(13)14-7/h1-3H,9-10H2,(H,12,13). The van der Waals surface area contributed by atoms with Crippen molar-refractivity contribution < 1.29 is 0 Å². The zero-order chi connectivity index (χ0) is 10.1. The van der Waals surface area contributed by atoms with Crippen molar-refractivity contribution in [2.75, 3.05) is 11.5 Å². The van der Waals surface area contributed by atoms with Crippen molar-refractivity contribution in [3.63, 3.8) is 0 Å². The Morgan fingerprint density at radius 1 is 1.21 bits per heavy atom. The van der Waals surface area contributed by atoms with Gasteiger partial charge in [-0.1, -0.05) is 11.3 Å². The first-order valence-corrected chi connectivity index (χ1v) is 5.09. The molecule has 0 fully saturated rings. The van der Waals surface area contributed by atoms with E-state index in [0.29, 0.717) is 15.3 Å². The van der Waals surface area contributed by atoms with Crippen molar-refractivity contribution in [2.24, 2.45) is 0 Å². The summed E-state index contributed by atoms with van der Waals surface area (Å²) < 4.78 is 0.640. The Bertz CT molecular complexity index is 494. The largest absolute Gasteiger partial charge is 0.399 e. The minimum absolute atomic E-state index is 0.626. The smallest absolute Gasteiger partial charge is 0.176 e. The summed E-state index contributed by atoms with van der Waals surface area (Å²) in [5.41, 5.74) is 13.5. The van der Waals surface area contributed by atoms with Crippen molar-refractivity contribution in [3.05, 3.63) is 22.2 Å². The Morgan fingerprint density at radius 3 is 2.36 bits per heavy atom. The Balaban J connectivity index is 2.56. The van der Waals surface area contributed by atoms with E-state index in [1.165, 1.54) is 11.3 Å². The summed E-state index contributed by atoms with van der Waals surface area (Å²) in [6.07, 6.45) is 0. The van der Waals surface area contributed by atoms with Gasteiger partial charge in [0.1, 0.15) is 5.01 Å². The molecule has 0 unspecified atom stereocenters. The fraction of sp³-hybridized carbons (Fsp3) is 0. The second-order valence-corrected chi connectivity index (χ2v) is 4.47. The van der Waals surface area contributed by atoms with Gasteiger partial charge in [-0.05, 0) is 30.4 Å². The fourth-order valence-electron chi connectivity index (χ4n) is 1.15. The third-order valence-electron chi connectivity index (χ3n) is 1.66. The Labute approximate surface area is 89.6 Å². The van der Waals surface area contributed by atoms with Gasteiger partial charge in [0.2, 0.25) is 0 Å². The lowest BCUT2D eigenvalue weighted by Crippen LogP contribution is -1.91. The number of rotatable bonds is 1. The molecule has 1 aromatic heterocycles. The average Bonchev–Trinajstić information content (AvgIpc) is 2.50. The first-order valence-electron chi connectivity index (χ1n) is 3.87. The quantitative estimate of drug-likeness (QED) is 0.511. The topological polar surface area (TPSA) is 80.7 Å². The Morgan fingerprint density at radius 2 is 1.86 bits per heavy atom. The summed E-state index contributed by atoms with van der Waals surface area (Å²) in [6.45, 7) is 0. The number of aromatic nitrogens is 2. The number of hydrogen-bond acceptors (Lipinski definition) is 5. The van der Waals surface area contributed by atoms with Gasteiger partial charge in [-0.2, -0.15) is 5.10 Å². The van der Waals surface area contributed by atoms with E-state index in [9.17, 15) is 0 Å². The van der Waals surface area contributed by atoms with Crippen LogP contribution in [0.5, 0.6) is 0 Å². The summed E-state index contributed by atoms with van der Waals surface area (Å²) >= 11 is 6.33. The molecule has 0 atom stereocenters. The van der Waals surface area contributed by atoms with Gasteiger partial charge in [0.15, 0.2) is 3.95 Å². The molecule has 14 heavy (non-hydrogen) atoms. The minimum Gasteiger partial charge on any atom is -0.399 e. The van der Waals surface area contributed by atoms with Crippen LogP contribution in [0.3, 0.4) is 0 Å². The van der Waals surface area contributed by atoms with Gasteiger partial charge < -0.3 is 11.5 Å². The summed E-state index contributed by atoms with van der Waals surface area (Å²) in [6, 6.07) is 5.34. The summed E-state index contributed by atoms with van der Waals surface area (Å²) in [5, 5.41) is 7.55. The molecule has 0 saturated carbocycles. The lowest BCUT2D eigenvalue weighted by molar-refractivity contribution is 1.08. The maximum Gasteiger partial charge on any atom is 0.176 e. The summed E-state index contributed by atoms with van der Waals surface area (Å²) in [5.74, 6) is 0. The molecule has 0 amide bonds. The van der Waals surface area contributed by atoms with Crippen LogP contribution in [-0.2, 0) is 0 Å². The predicted octanol–water partition coefficient (Wildman–Crippen LogP) is 2.03. The number of benzene rings is 1. The van der Waals surface area contributed by atoms with Gasteiger partial charge in [0.25, 0.3) is 0 Å². The van der Waals surface area contributed by atoms with Gasteiger partial charge in [0.05, 0.1) is 0 Å². The number of anilines is 2. The van der Waals surface area contributed by atoms with Crippen LogP contribution in [0.4, 0.5) is 11.4 Å². The molecule has 0 aliphatic rings. The molecular weight excluding hydrogens is 216 g/mol.